The van der Waals surface area contributed by atoms with Gasteiger partial charge in [-0.3, -0.25) is 4.79 Å². The Kier molecular flexibility index (Phi) is 2.10. The fourth-order valence-electron chi connectivity index (χ4n) is 1.29. The first-order chi connectivity index (χ1) is 6.27. The van der Waals surface area contributed by atoms with Crippen LogP contribution in [0.3, 0.4) is 0 Å². The summed E-state index contributed by atoms with van der Waals surface area (Å²) in [6.07, 6.45) is 1.85. The van der Waals surface area contributed by atoms with E-state index >= 15 is 0 Å². The summed E-state index contributed by atoms with van der Waals surface area (Å²) in [4.78, 5) is 11.5. The Morgan fingerprint density at radius 1 is 1.38 bits per heavy atom. The lowest BCUT2D eigenvalue weighted by atomic mass is 10.1. The summed E-state index contributed by atoms with van der Waals surface area (Å²) in [6, 6.07) is 8.03. The molecule has 3 heteroatoms. The summed E-state index contributed by atoms with van der Waals surface area (Å²) in [5, 5.41) is 0. The number of hydrogen-bond acceptors (Lipinski definition) is 2. The predicted molar refractivity (Wildman–Crippen MR) is 54.9 cm³/mol. The molecule has 1 aliphatic heterocycles. The summed E-state index contributed by atoms with van der Waals surface area (Å²) >= 11 is 1.50. The Labute approximate surface area is 80.8 Å². The Bertz CT molecular complexity index is 384. The van der Waals surface area contributed by atoms with Crippen molar-refractivity contribution in [2.75, 3.05) is 0 Å². The Morgan fingerprint density at radius 3 is 2.92 bits per heavy atom. The standard InChI is InChI=1S/C10H9NOS/c11-10(12)9-5-7-3-1-2-4-8(7)6-13-9/h1-5H,6H2,(H2,11,12). The van der Waals surface area contributed by atoms with Crippen molar-refractivity contribution in [3.05, 3.63) is 40.3 Å². The molecule has 1 aliphatic rings. The largest absolute Gasteiger partial charge is 0.365 e. The topological polar surface area (TPSA) is 43.1 Å². The van der Waals surface area contributed by atoms with E-state index in [1.54, 1.807) is 0 Å². The highest BCUT2D eigenvalue weighted by Crippen LogP contribution is 2.30. The molecule has 0 bridgehead atoms. The summed E-state index contributed by atoms with van der Waals surface area (Å²) in [5.74, 6) is 0.504. The molecule has 0 spiro atoms. The van der Waals surface area contributed by atoms with Gasteiger partial charge >= 0.3 is 0 Å². The molecule has 1 amide bonds. The van der Waals surface area contributed by atoms with Crippen LogP contribution in [0.1, 0.15) is 11.1 Å². The van der Waals surface area contributed by atoms with Crippen molar-refractivity contribution in [1.29, 1.82) is 0 Å². The van der Waals surface area contributed by atoms with Gasteiger partial charge in [0.2, 0.25) is 0 Å². The lowest BCUT2D eigenvalue weighted by Gasteiger charge is -2.12. The Hall–Kier alpha value is -1.22. The molecule has 0 aliphatic carbocycles. The fraction of sp³-hybridized carbons (Fsp3) is 0.100. The summed E-state index contributed by atoms with van der Waals surface area (Å²) in [5.41, 5.74) is 7.56. The monoisotopic (exact) mass is 191 g/mol. The molecule has 0 saturated carbocycles. The van der Waals surface area contributed by atoms with Gasteiger partial charge in [-0.05, 0) is 17.2 Å². The fourth-order valence-corrected chi connectivity index (χ4v) is 2.21. The average molecular weight is 191 g/mol. The van der Waals surface area contributed by atoms with Crippen molar-refractivity contribution in [3.8, 4) is 0 Å². The number of primary amides is 1. The van der Waals surface area contributed by atoms with Crippen LogP contribution in [0.4, 0.5) is 0 Å². The van der Waals surface area contributed by atoms with Crippen molar-refractivity contribution in [1.82, 2.24) is 0 Å². The molecule has 1 heterocycles. The molecular formula is C10H9NOS. The highest BCUT2D eigenvalue weighted by atomic mass is 32.2. The van der Waals surface area contributed by atoms with E-state index in [4.69, 9.17) is 5.73 Å². The van der Waals surface area contributed by atoms with E-state index in [1.807, 2.05) is 24.3 Å². The van der Waals surface area contributed by atoms with Gasteiger partial charge in [0.25, 0.3) is 5.91 Å². The number of thioether (sulfide) groups is 1. The first-order valence-electron chi connectivity index (χ1n) is 3.99. The zero-order valence-electron chi connectivity index (χ0n) is 6.99. The molecule has 1 aromatic rings. The van der Waals surface area contributed by atoms with E-state index in [0.717, 1.165) is 11.3 Å². The Morgan fingerprint density at radius 2 is 2.15 bits per heavy atom. The van der Waals surface area contributed by atoms with Gasteiger partial charge in [0.05, 0.1) is 4.91 Å². The van der Waals surface area contributed by atoms with E-state index in [1.165, 1.54) is 17.3 Å². The van der Waals surface area contributed by atoms with Gasteiger partial charge in [-0.25, -0.2) is 0 Å². The number of hydrogen-bond donors (Lipinski definition) is 1. The molecule has 0 aromatic heterocycles. The minimum Gasteiger partial charge on any atom is -0.365 e. The van der Waals surface area contributed by atoms with Gasteiger partial charge in [-0.1, -0.05) is 24.3 Å². The molecule has 13 heavy (non-hydrogen) atoms. The van der Waals surface area contributed by atoms with Crippen LogP contribution in [0.25, 0.3) is 6.08 Å². The van der Waals surface area contributed by atoms with Crippen molar-refractivity contribution < 1.29 is 4.79 Å². The van der Waals surface area contributed by atoms with Gasteiger partial charge in [0.1, 0.15) is 0 Å². The second kappa shape index (κ2) is 3.26. The van der Waals surface area contributed by atoms with Crippen molar-refractivity contribution in [3.63, 3.8) is 0 Å². The molecule has 0 radical (unpaired) electrons. The minimum absolute atomic E-state index is 0.334. The number of nitrogens with two attached hydrogens (primary N) is 1. The molecule has 66 valence electrons. The maximum Gasteiger partial charge on any atom is 0.255 e. The third-order valence-electron chi connectivity index (χ3n) is 1.97. The third-order valence-corrected chi connectivity index (χ3v) is 3.05. The minimum atomic E-state index is -0.334. The quantitative estimate of drug-likeness (QED) is 0.735. The van der Waals surface area contributed by atoms with Crippen LogP contribution in [0.2, 0.25) is 0 Å². The second-order valence-electron chi connectivity index (χ2n) is 2.86. The third kappa shape index (κ3) is 1.60. The zero-order chi connectivity index (χ0) is 9.26. The van der Waals surface area contributed by atoms with E-state index < -0.39 is 0 Å². The number of fused-ring (bicyclic) bond motifs is 1. The van der Waals surface area contributed by atoms with Crippen molar-refractivity contribution in [2.45, 2.75) is 5.75 Å². The highest BCUT2D eigenvalue weighted by molar-refractivity contribution is 8.03. The van der Waals surface area contributed by atoms with Gasteiger partial charge in [0.15, 0.2) is 0 Å². The molecule has 2 rings (SSSR count). The van der Waals surface area contributed by atoms with Gasteiger partial charge < -0.3 is 5.73 Å². The SMILES string of the molecule is NC(=O)C1=Cc2ccccc2CS1. The maximum atomic E-state index is 10.9. The summed E-state index contributed by atoms with van der Waals surface area (Å²) in [6.45, 7) is 0. The molecule has 0 atom stereocenters. The average Bonchev–Trinajstić information content (AvgIpc) is 2.17. The van der Waals surface area contributed by atoms with E-state index in [-0.39, 0.29) is 5.91 Å². The first-order valence-corrected chi connectivity index (χ1v) is 4.98. The van der Waals surface area contributed by atoms with E-state index in [2.05, 4.69) is 6.07 Å². The summed E-state index contributed by atoms with van der Waals surface area (Å²) < 4.78 is 0. The molecule has 2 nitrogen and oxygen atoms in total. The van der Waals surface area contributed by atoms with Gasteiger partial charge in [-0.2, -0.15) is 0 Å². The Balaban J connectivity index is 2.44. The van der Waals surface area contributed by atoms with E-state index in [0.29, 0.717) is 4.91 Å². The zero-order valence-corrected chi connectivity index (χ0v) is 7.80. The van der Waals surface area contributed by atoms with Crippen LogP contribution in [-0.4, -0.2) is 5.91 Å². The molecule has 0 fully saturated rings. The smallest absolute Gasteiger partial charge is 0.255 e. The van der Waals surface area contributed by atoms with Crippen LogP contribution < -0.4 is 5.73 Å². The van der Waals surface area contributed by atoms with Crippen LogP contribution in [0.15, 0.2) is 29.2 Å². The van der Waals surface area contributed by atoms with Crippen LogP contribution in [0.5, 0.6) is 0 Å². The van der Waals surface area contributed by atoms with Crippen molar-refractivity contribution in [2.24, 2.45) is 5.73 Å². The highest BCUT2D eigenvalue weighted by Gasteiger charge is 2.13. The number of benzene rings is 1. The number of rotatable bonds is 1. The van der Waals surface area contributed by atoms with Crippen LogP contribution in [-0.2, 0) is 10.5 Å². The lowest BCUT2D eigenvalue weighted by Crippen LogP contribution is -2.13. The van der Waals surface area contributed by atoms with Crippen LogP contribution in [0, 0.1) is 0 Å². The first kappa shape index (κ1) is 8.38. The van der Waals surface area contributed by atoms with Gasteiger partial charge in [-0.15, -0.1) is 11.8 Å². The van der Waals surface area contributed by atoms with Crippen molar-refractivity contribution >= 4 is 23.7 Å². The lowest BCUT2D eigenvalue weighted by molar-refractivity contribution is -0.113. The molecular weight excluding hydrogens is 182 g/mol. The maximum absolute atomic E-state index is 10.9. The number of carbonyl (C=O) groups is 1. The number of amides is 1. The molecule has 1 aromatic carbocycles. The molecule has 0 saturated heterocycles. The normalized spacial score (nSPS) is 14.6. The molecule has 0 unspecified atom stereocenters. The van der Waals surface area contributed by atoms with Crippen LogP contribution >= 0.6 is 11.8 Å². The predicted octanol–water partition coefficient (Wildman–Crippen LogP) is 1.76. The summed E-state index contributed by atoms with van der Waals surface area (Å²) in [7, 11) is 0. The molecule has 2 N–H and O–H groups in total. The van der Waals surface area contributed by atoms with E-state index in [9.17, 15) is 4.79 Å². The number of carbonyl (C=O) groups excluding carboxylic acids is 1. The van der Waals surface area contributed by atoms with Gasteiger partial charge in [0, 0.05) is 5.75 Å². The second-order valence-corrected chi connectivity index (χ2v) is 3.88.